The molecule has 0 amide bonds. The first-order valence-corrected chi connectivity index (χ1v) is 9.10. The minimum Gasteiger partial charge on any atom is -0.411 e. The molecule has 0 atom stereocenters. The predicted molar refractivity (Wildman–Crippen MR) is 100 cm³/mol. The molecule has 0 aliphatic heterocycles. The first-order valence-electron chi connectivity index (χ1n) is 8.12. The number of hydrogen-bond donors (Lipinski definition) is 0. The van der Waals surface area contributed by atoms with E-state index in [-0.39, 0.29) is 5.56 Å². The number of thioether (sulfide) groups is 1. The Morgan fingerprint density at radius 3 is 2.77 bits per heavy atom. The first kappa shape index (κ1) is 16.5. The van der Waals surface area contributed by atoms with Crippen LogP contribution in [0, 0.1) is 13.8 Å². The zero-order chi connectivity index (χ0) is 18.1. The third-order valence-corrected chi connectivity index (χ3v) is 4.80. The molecule has 1 aromatic carbocycles. The van der Waals surface area contributed by atoms with Crippen LogP contribution < -0.4 is 5.56 Å². The fourth-order valence-corrected chi connectivity index (χ4v) is 3.39. The lowest BCUT2D eigenvalue weighted by Gasteiger charge is -2.05. The van der Waals surface area contributed by atoms with Crippen LogP contribution in [0.25, 0.3) is 17.1 Å². The quantitative estimate of drug-likeness (QED) is 0.515. The van der Waals surface area contributed by atoms with E-state index in [1.807, 2.05) is 56.3 Å². The van der Waals surface area contributed by atoms with Gasteiger partial charge in [-0.15, -0.1) is 10.2 Å². The summed E-state index contributed by atoms with van der Waals surface area (Å²) < 4.78 is 7.31. The molecule has 0 saturated heterocycles. The average molecular weight is 364 g/mol. The summed E-state index contributed by atoms with van der Waals surface area (Å²) >= 11 is 1.36. The smallest absolute Gasteiger partial charge is 0.277 e. The number of rotatable bonds is 4. The third kappa shape index (κ3) is 3.25. The molecule has 130 valence electrons. The standard InChI is InChI=1S/C19H16N4O2S/c1-12-5-3-7-14(9-12)18-21-22-19(25-18)26-11-15-10-17(24)23-13(2)6-4-8-16(23)20-15/h3-10H,11H2,1-2H3. The SMILES string of the molecule is Cc1cccc(-c2nnc(SCc3cc(=O)n4c(C)cccc4n3)o2)c1. The lowest BCUT2D eigenvalue weighted by molar-refractivity contribution is 0.465. The molecule has 0 fully saturated rings. The van der Waals surface area contributed by atoms with Gasteiger partial charge in [0.05, 0.1) is 5.69 Å². The monoisotopic (exact) mass is 364 g/mol. The number of aromatic nitrogens is 4. The fourth-order valence-electron chi connectivity index (χ4n) is 2.74. The molecule has 26 heavy (non-hydrogen) atoms. The summed E-state index contributed by atoms with van der Waals surface area (Å²) in [4.78, 5) is 16.9. The molecule has 0 aliphatic carbocycles. The van der Waals surface area contributed by atoms with Gasteiger partial charge in [-0.05, 0) is 38.1 Å². The van der Waals surface area contributed by atoms with Gasteiger partial charge < -0.3 is 4.42 Å². The molecule has 0 unspecified atom stereocenters. The highest BCUT2D eigenvalue weighted by atomic mass is 32.2. The maximum atomic E-state index is 12.3. The van der Waals surface area contributed by atoms with Gasteiger partial charge >= 0.3 is 0 Å². The van der Waals surface area contributed by atoms with Crippen LogP contribution in [0.3, 0.4) is 0 Å². The van der Waals surface area contributed by atoms with E-state index in [0.717, 1.165) is 16.8 Å². The van der Waals surface area contributed by atoms with Crippen molar-refractivity contribution in [3.05, 3.63) is 75.8 Å². The van der Waals surface area contributed by atoms with Crippen molar-refractivity contribution in [3.8, 4) is 11.5 Å². The Morgan fingerprint density at radius 1 is 1.08 bits per heavy atom. The lowest BCUT2D eigenvalue weighted by Crippen LogP contribution is -2.17. The second-order valence-electron chi connectivity index (χ2n) is 5.98. The van der Waals surface area contributed by atoms with Crippen molar-refractivity contribution >= 4 is 17.4 Å². The second kappa shape index (κ2) is 6.76. The molecule has 0 saturated carbocycles. The Bertz CT molecular complexity index is 1150. The summed E-state index contributed by atoms with van der Waals surface area (Å²) in [5, 5.41) is 8.62. The summed E-state index contributed by atoms with van der Waals surface area (Å²) in [5.74, 6) is 0.966. The molecule has 3 heterocycles. The molecule has 0 N–H and O–H groups in total. The van der Waals surface area contributed by atoms with E-state index in [4.69, 9.17) is 4.42 Å². The first-order chi connectivity index (χ1) is 12.6. The van der Waals surface area contributed by atoms with Crippen molar-refractivity contribution in [2.75, 3.05) is 0 Å². The van der Waals surface area contributed by atoms with Crippen LogP contribution in [0.4, 0.5) is 0 Å². The van der Waals surface area contributed by atoms with Gasteiger partial charge in [0.1, 0.15) is 5.65 Å². The van der Waals surface area contributed by atoms with Crippen LogP contribution in [0.5, 0.6) is 0 Å². The van der Waals surface area contributed by atoms with Gasteiger partial charge in [-0.2, -0.15) is 0 Å². The third-order valence-electron chi connectivity index (χ3n) is 3.95. The van der Waals surface area contributed by atoms with E-state index in [1.54, 1.807) is 10.5 Å². The molecular formula is C19H16N4O2S. The Balaban J connectivity index is 1.55. The molecule has 0 bridgehead atoms. The number of pyridine rings is 1. The fraction of sp³-hybridized carbons (Fsp3) is 0.158. The van der Waals surface area contributed by atoms with Gasteiger partial charge in [-0.25, -0.2) is 4.98 Å². The summed E-state index contributed by atoms with van der Waals surface area (Å²) in [6.07, 6.45) is 0. The molecule has 4 aromatic rings. The number of benzene rings is 1. The predicted octanol–water partition coefficient (Wildman–Crippen LogP) is 3.65. The Kier molecular flexibility index (Phi) is 4.30. The molecule has 0 spiro atoms. The van der Waals surface area contributed by atoms with Crippen molar-refractivity contribution in [3.63, 3.8) is 0 Å². The molecular weight excluding hydrogens is 348 g/mol. The largest absolute Gasteiger partial charge is 0.411 e. The minimum atomic E-state index is -0.0883. The van der Waals surface area contributed by atoms with Crippen molar-refractivity contribution in [2.24, 2.45) is 0 Å². The summed E-state index contributed by atoms with van der Waals surface area (Å²) in [6.45, 7) is 3.90. The number of hydrogen-bond acceptors (Lipinski definition) is 6. The summed E-state index contributed by atoms with van der Waals surface area (Å²) in [6, 6.07) is 15.0. The molecule has 4 rings (SSSR count). The molecule has 0 aliphatic rings. The van der Waals surface area contributed by atoms with E-state index in [0.29, 0.717) is 28.2 Å². The molecule has 0 radical (unpaired) electrons. The summed E-state index contributed by atoms with van der Waals surface area (Å²) in [5.41, 5.74) is 4.11. The van der Waals surface area contributed by atoms with E-state index in [9.17, 15) is 4.79 Å². The highest BCUT2D eigenvalue weighted by molar-refractivity contribution is 7.98. The minimum absolute atomic E-state index is 0.0883. The van der Waals surface area contributed by atoms with Crippen LogP contribution >= 0.6 is 11.8 Å². The van der Waals surface area contributed by atoms with E-state index >= 15 is 0 Å². The van der Waals surface area contributed by atoms with Gasteiger partial charge in [-0.3, -0.25) is 9.20 Å². The highest BCUT2D eigenvalue weighted by Gasteiger charge is 2.11. The number of nitrogens with zero attached hydrogens (tertiary/aromatic N) is 4. The molecule has 3 aromatic heterocycles. The number of aryl methyl sites for hydroxylation is 2. The van der Waals surface area contributed by atoms with Crippen molar-refractivity contribution in [1.29, 1.82) is 0 Å². The van der Waals surface area contributed by atoms with Gasteiger partial charge in [0.15, 0.2) is 0 Å². The van der Waals surface area contributed by atoms with Crippen LogP contribution in [-0.2, 0) is 5.75 Å². The molecule has 7 heteroatoms. The van der Waals surface area contributed by atoms with Crippen LogP contribution in [0.15, 0.2) is 63.0 Å². The van der Waals surface area contributed by atoms with Gasteiger partial charge in [0, 0.05) is 23.1 Å². The van der Waals surface area contributed by atoms with Gasteiger partial charge in [-0.1, -0.05) is 35.5 Å². The normalized spacial score (nSPS) is 11.2. The maximum absolute atomic E-state index is 12.3. The van der Waals surface area contributed by atoms with Crippen molar-refractivity contribution < 1.29 is 4.42 Å². The van der Waals surface area contributed by atoms with Crippen LogP contribution in [0.2, 0.25) is 0 Å². The van der Waals surface area contributed by atoms with Crippen molar-refractivity contribution in [2.45, 2.75) is 24.8 Å². The maximum Gasteiger partial charge on any atom is 0.277 e. The Hall–Kier alpha value is -2.93. The zero-order valence-electron chi connectivity index (χ0n) is 14.3. The van der Waals surface area contributed by atoms with Crippen molar-refractivity contribution in [1.82, 2.24) is 19.6 Å². The van der Waals surface area contributed by atoms with E-state index in [1.165, 1.54) is 11.8 Å². The average Bonchev–Trinajstić information content (AvgIpc) is 3.09. The topological polar surface area (TPSA) is 73.3 Å². The van der Waals surface area contributed by atoms with Gasteiger partial charge in [0.25, 0.3) is 10.8 Å². The number of fused-ring (bicyclic) bond motifs is 1. The van der Waals surface area contributed by atoms with E-state index in [2.05, 4.69) is 15.2 Å². The van der Waals surface area contributed by atoms with Crippen LogP contribution in [0.1, 0.15) is 17.0 Å². The highest BCUT2D eigenvalue weighted by Crippen LogP contribution is 2.25. The van der Waals surface area contributed by atoms with E-state index < -0.39 is 0 Å². The Morgan fingerprint density at radius 2 is 1.92 bits per heavy atom. The molecule has 6 nitrogen and oxygen atoms in total. The summed E-state index contributed by atoms with van der Waals surface area (Å²) in [7, 11) is 0. The van der Waals surface area contributed by atoms with Crippen LogP contribution in [-0.4, -0.2) is 19.6 Å². The lowest BCUT2D eigenvalue weighted by atomic mass is 10.1. The second-order valence-corrected chi connectivity index (χ2v) is 6.90. The zero-order valence-corrected chi connectivity index (χ0v) is 15.2. The van der Waals surface area contributed by atoms with Gasteiger partial charge in [0.2, 0.25) is 5.89 Å². The Labute approximate surface area is 153 Å².